The maximum atomic E-state index is 12.8. The van der Waals surface area contributed by atoms with Crippen LogP contribution < -0.4 is 5.69 Å². The van der Waals surface area contributed by atoms with Gasteiger partial charge in [-0.25, -0.2) is 4.79 Å². The van der Waals surface area contributed by atoms with E-state index in [1.807, 2.05) is 54.6 Å². The monoisotopic (exact) mass is 339 g/mol. The minimum absolute atomic E-state index is 0.0486. The van der Waals surface area contributed by atoms with E-state index in [0.717, 1.165) is 16.6 Å². The van der Waals surface area contributed by atoms with E-state index in [0.29, 0.717) is 6.54 Å². The van der Waals surface area contributed by atoms with Gasteiger partial charge in [-0.3, -0.25) is 13.9 Å². The zero-order valence-corrected chi connectivity index (χ0v) is 14.1. The summed E-state index contributed by atoms with van der Waals surface area (Å²) in [5.74, 6) is -0.198. The van der Waals surface area contributed by atoms with Crippen molar-refractivity contribution in [3.8, 4) is 0 Å². The predicted molar refractivity (Wildman–Crippen MR) is 96.1 cm³/mol. The van der Waals surface area contributed by atoms with E-state index in [4.69, 9.17) is 0 Å². The smallest absolute Gasteiger partial charge is 0.329 e. The molecule has 1 aromatic heterocycles. The fraction of sp³-hybridized carbons (Fsp3) is 0.263. The highest BCUT2D eigenvalue weighted by molar-refractivity contribution is 5.81. The molecule has 1 heterocycles. The van der Waals surface area contributed by atoms with Crippen molar-refractivity contribution in [3.63, 3.8) is 0 Å². The normalized spacial score (nSPS) is 11.0. The highest BCUT2D eigenvalue weighted by atomic mass is 16.3. The number of carbonyl (C=O) groups is 1. The molecule has 1 N–H and O–H groups in total. The number of hydrogen-bond acceptors (Lipinski definition) is 3. The number of aromatic nitrogens is 2. The molecular weight excluding hydrogens is 318 g/mol. The Bertz CT molecular complexity index is 928. The largest absolute Gasteiger partial charge is 0.395 e. The average Bonchev–Trinajstić information content (AvgIpc) is 2.87. The molecule has 0 saturated heterocycles. The SMILES string of the molecule is Cn1c(=O)n(CC(=O)N(CCO)Cc2ccccc2)c2ccccc21. The van der Waals surface area contributed by atoms with Crippen molar-refractivity contribution in [2.45, 2.75) is 13.1 Å². The Morgan fingerprint density at radius 3 is 2.36 bits per heavy atom. The Labute approximate surface area is 145 Å². The van der Waals surface area contributed by atoms with Crippen LogP contribution in [-0.2, 0) is 24.9 Å². The van der Waals surface area contributed by atoms with E-state index >= 15 is 0 Å². The first-order valence-electron chi connectivity index (χ1n) is 8.18. The predicted octanol–water partition coefficient (Wildman–Crippen LogP) is 1.36. The lowest BCUT2D eigenvalue weighted by Gasteiger charge is -2.22. The van der Waals surface area contributed by atoms with Gasteiger partial charge in [0.1, 0.15) is 6.54 Å². The van der Waals surface area contributed by atoms with E-state index in [1.54, 1.807) is 11.9 Å². The number of aliphatic hydroxyl groups excluding tert-OH is 1. The number of fused-ring (bicyclic) bond motifs is 1. The number of aliphatic hydroxyl groups is 1. The zero-order valence-electron chi connectivity index (χ0n) is 14.1. The second-order valence-electron chi connectivity index (χ2n) is 5.94. The fourth-order valence-electron chi connectivity index (χ4n) is 2.97. The third kappa shape index (κ3) is 3.49. The van der Waals surface area contributed by atoms with Crippen LogP contribution in [0.25, 0.3) is 11.0 Å². The second-order valence-corrected chi connectivity index (χ2v) is 5.94. The van der Waals surface area contributed by atoms with Gasteiger partial charge in [0.2, 0.25) is 5.91 Å². The lowest BCUT2D eigenvalue weighted by molar-refractivity contribution is -0.133. The highest BCUT2D eigenvalue weighted by Gasteiger charge is 2.18. The van der Waals surface area contributed by atoms with Crippen molar-refractivity contribution in [2.24, 2.45) is 7.05 Å². The van der Waals surface area contributed by atoms with E-state index in [1.165, 1.54) is 9.13 Å². The van der Waals surface area contributed by atoms with Gasteiger partial charge in [-0.05, 0) is 17.7 Å². The van der Waals surface area contributed by atoms with E-state index in [-0.39, 0.29) is 31.3 Å². The van der Waals surface area contributed by atoms with E-state index in [2.05, 4.69) is 0 Å². The third-order valence-electron chi connectivity index (χ3n) is 4.28. The number of hydrogen-bond donors (Lipinski definition) is 1. The Balaban J connectivity index is 1.87. The quantitative estimate of drug-likeness (QED) is 0.737. The van der Waals surface area contributed by atoms with Crippen LogP contribution in [0.5, 0.6) is 0 Å². The molecule has 130 valence electrons. The summed E-state index contributed by atoms with van der Waals surface area (Å²) in [5, 5.41) is 9.29. The molecule has 0 saturated carbocycles. The van der Waals surface area contributed by atoms with Crippen LogP contribution in [0.1, 0.15) is 5.56 Å². The minimum atomic E-state index is -0.224. The second kappa shape index (κ2) is 7.36. The molecular formula is C19H21N3O3. The third-order valence-corrected chi connectivity index (χ3v) is 4.28. The zero-order chi connectivity index (χ0) is 17.8. The minimum Gasteiger partial charge on any atom is -0.395 e. The molecule has 2 aromatic carbocycles. The standard InChI is InChI=1S/C19H21N3O3/c1-20-16-9-5-6-10-17(16)22(19(20)25)14-18(24)21(11-12-23)13-15-7-3-2-4-8-15/h2-10,23H,11-14H2,1H3. The van der Waals surface area contributed by atoms with Gasteiger partial charge in [-0.2, -0.15) is 0 Å². The average molecular weight is 339 g/mol. The molecule has 0 aliphatic rings. The van der Waals surface area contributed by atoms with Gasteiger partial charge < -0.3 is 10.0 Å². The topological polar surface area (TPSA) is 67.5 Å². The van der Waals surface area contributed by atoms with Crippen LogP contribution in [0.15, 0.2) is 59.4 Å². The molecule has 0 radical (unpaired) electrons. The van der Waals surface area contributed by atoms with E-state index < -0.39 is 0 Å². The summed E-state index contributed by atoms with van der Waals surface area (Å²) in [4.78, 5) is 26.8. The lowest BCUT2D eigenvalue weighted by atomic mass is 10.2. The van der Waals surface area contributed by atoms with Crippen molar-refractivity contribution in [2.75, 3.05) is 13.2 Å². The summed E-state index contributed by atoms with van der Waals surface area (Å²) in [6.07, 6.45) is 0. The summed E-state index contributed by atoms with van der Waals surface area (Å²) in [7, 11) is 1.70. The van der Waals surface area contributed by atoms with Crippen LogP contribution in [0.3, 0.4) is 0 Å². The van der Waals surface area contributed by atoms with Gasteiger partial charge >= 0.3 is 5.69 Å². The first-order valence-corrected chi connectivity index (χ1v) is 8.18. The van der Waals surface area contributed by atoms with Gasteiger partial charge in [-0.15, -0.1) is 0 Å². The Morgan fingerprint density at radius 1 is 1.04 bits per heavy atom. The number of carbonyl (C=O) groups excluding carboxylic acids is 1. The van der Waals surface area contributed by atoms with Gasteiger partial charge in [0.15, 0.2) is 0 Å². The number of aryl methyl sites for hydroxylation is 1. The molecule has 0 aliphatic carbocycles. The summed E-state index contributed by atoms with van der Waals surface area (Å²) in [6, 6.07) is 17.0. The maximum Gasteiger partial charge on any atom is 0.329 e. The number of para-hydroxylation sites is 2. The van der Waals surface area contributed by atoms with Crippen molar-refractivity contribution >= 4 is 16.9 Å². The molecule has 0 bridgehead atoms. The molecule has 0 spiro atoms. The van der Waals surface area contributed by atoms with Crippen LogP contribution in [0.2, 0.25) is 0 Å². The Kier molecular flexibility index (Phi) is 5.00. The number of amides is 1. The summed E-state index contributed by atoms with van der Waals surface area (Å²) < 4.78 is 3.02. The molecule has 3 aromatic rings. The molecule has 6 heteroatoms. The van der Waals surface area contributed by atoms with Gasteiger partial charge in [0.05, 0.1) is 17.6 Å². The lowest BCUT2D eigenvalue weighted by Crippen LogP contribution is -2.37. The number of benzene rings is 2. The maximum absolute atomic E-state index is 12.8. The molecule has 6 nitrogen and oxygen atoms in total. The first-order chi connectivity index (χ1) is 12.1. The highest BCUT2D eigenvalue weighted by Crippen LogP contribution is 2.12. The first kappa shape index (κ1) is 17.0. The molecule has 1 amide bonds. The molecule has 0 aliphatic heterocycles. The van der Waals surface area contributed by atoms with E-state index in [9.17, 15) is 14.7 Å². The summed E-state index contributed by atoms with van der Waals surface area (Å²) in [5.41, 5.74) is 2.27. The van der Waals surface area contributed by atoms with Crippen molar-refractivity contribution in [3.05, 3.63) is 70.6 Å². The summed E-state index contributed by atoms with van der Waals surface area (Å²) in [6.45, 7) is 0.461. The fourth-order valence-corrected chi connectivity index (χ4v) is 2.97. The summed E-state index contributed by atoms with van der Waals surface area (Å²) >= 11 is 0. The molecule has 3 rings (SSSR count). The molecule has 0 fully saturated rings. The van der Waals surface area contributed by atoms with Crippen molar-refractivity contribution in [1.82, 2.24) is 14.0 Å². The van der Waals surface area contributed by atoms with Crippen molar-refractivity contribution in [1.29, 1.82) is 0 Å². The van der Waals surface area contributed by atoms with Crippen LogP contribution in [0, 0.1) is 0 Å². The van der Waals surface area contributed by atoms with Crippen molar-refractivity contribution < 1.29 is 9.90 Å². The Hall–Kier alpha value is -2.86. The number of imidazole rings is 1. The molecule has 0 unspecified atom stereocenters. The van der Waals surface area contributed by atoms with Gasteiger partial charge in [0, 0.05) is 20.1 Å². The van der Waals surface area contributed by atoms with Gasteiger partial charge in [-0.1, -0.05) is 42.5 Å². The van der Waals surface area contributed by atoms with Crippen LogP contribution in [0.4, 0.5) is 0 Å². The molecule has 25 heavy (non-hydrogen) atoms. The Morgan fingerprint density at radius 2 is 1.68 bits per heavy atom. The van der Waals surface area contributed by atoms with Gasteiger partial charge in [0.25, 0.3) is 0 Å². The van der Waals surface area contributed by atoms with Crippen LogP contribution >= 0.6 is 0 Å². The number of rotatable bonds is 6. The molecule has 0 atom stereocenters. The van der Waals surface area contributed by atoms with Crippen LogP contribution in [-0.4, -0.2) is 38.2 Å². The number of nitrogens with zero attached hydrogens (tertiary/aromatic N) is 3.